The highest BCUT2D eigenvalue weighted by Gasteiger charge is 2.60. The Bertz CT molecular complexity index is 1190. The van der Waals surface area contributed by atoms with E-state index in [9.17, 15) is 19.2 Å². The van der Waals surface area contributed by atoms with Gasteiger partial charge in [0.2, 0.25) is 17.6 Å². The first kappa shape index (κ1) is 21.3. The largest absolute Gasteiger partial charge is 0.451 e. The van der Waals surface area contributed by atoms with Gasteiger partial charge < -0.3 is 4.74 Å². The van der Waals surface area contributed by atoms with Crippen molar-refractivity contribution in [2.45, 2.75) is 33.3 Å². The summed E-state index contributed by atoms with van der Waals surface area (Å²) in [5.74, 6) is -1.48. The summed E-state index contributed by atoms with van der Waals surface area (Å²) in [7, 11) is 0. The number of amides is 2. The van der Waals surface area contributed by atoms with Gasteiger partial charge in [0.05, 0.1) is 23.1 Å². The van der Waals surface area contributed by atoms with Crippen LogP contribution in [0.3, 0.4) is 0 Å². The first-order valence-electron chi connectivity index (χ1n) is 11.2. The van der Waals surface area contributed by atoms with Gasteiger partial charge >= 0.3 is 5.97 Å². The van der Waals surface area contributed by atoms with E-state index in [-0.39, 0.29) is 46.8 Å². The Morgan fingerprint density at radius 2 is 1.52 bits per heavy atom. The average molecular weight is 443 g/mol. The van der Waals surface area contributed by atoms with Gasteiger partial charge in [-0.1, -0.05) is 41.5 Å². The van der Waals surface area contributed by atoms with E-state index < -0.39 is 12.1 Å². The minimum absolute atomic E-state index is 0.142. The van der Waals surface area contributed by atoms with E-state index in [1.54, 1.807) is 31.2 Å². The number of fused-ring (bicyclic) bond motifs is 5. The standard InChI is InChI=1S/C27H25NO5/c1-14-4-6-17(7-5-14)24(29)16(3)33-27(32)18-8-10-20(11-9-18)28-25(30)22-19-12-15(2)21(13-19)23(22)26(28)31/h4-12,16,19,21-23H,13H2,1-3H3/t16-,19+,21-,22-,23+/m1/s1. The van der Waals surface area contributed by atoms with Crippen molar-refractivity contribution in [3.05, 3.63) is 76.9 Å². The Balaban J connectivity index is 1.28. The number of aryl methyl sites for hydroxylation is 1. The van der Waals surface area contributed by atoms with Crippen molar-refractivity contribution in [2.24, 2.45) is 23.7 Å². The minimum Gasteiger partial charge on any atom is -0.451 e. The van der Waals surface area contributed by atoms with E-state index in [2.05, 4.69) is 6.08 Å². The Kier molecular flexibility index (Phi) is 5.04. The lowest BCUT2D eigenvalue weighted by Crippen LogP contribution is -2.33. The molecule has 0 radical (unpaired) electrons. The number of anilines is 1. The van der Waals surface area contributed by atoms with E-state index in [0.717, 1.165) is 12.0 Å². The molecule has 2 amide bonds. The molecule has 1 saturated carbocycles. The molecule has 3 aliphatic rings. The van der Waals surface area contributed by atoms with Crippen LogP contribution < -0.4 is 4.90 Å². The molecule has 5 rings (SSSR count). The highest BCUT2D eigenvalue weighted by Crippen LogP contribution is 2.55. The van der Waals surface area contributed by atoms with Crippen molar-refractivity contribution in [1.29, 1.82) is 0 Å². The van der Waals surface area contributed by atoms with Crippen LogP contribution in [0.15, 0.2) is 60.2 Å². The second kappa shape index (κ2) is 7.80. The molecule has 0 unspecified atom stereocenters. The van der Waals surface area contributed by atoms with E-state index in [1.165, 1.54) is 22.6 Å². The van der Waals surface area contributed by atoms with Gasteiger partial charge in [0, 0.05) is 5.56 Å². The predicted octanol–water partition coefficient (Wildman–Crippen LogP) is 4.12. The number of rotatable bonds is 5. The number of ketones is 1. The number of Topliss-reactive ketones (excluding diaryl/α,β-unsaturated/α-hetero) is 1. The van der Waals surface area contributed by atoms with Crippen LogP contribution in [-0.4, -0.2) is 29.7 Å². The maximum absolute atomic E-state index is 13.1. The number of carbonyl (C=O) groups is 4. The Morgan fingerprint density at radius 1 is 0.909 bits per heavy atom. The number of carbonyl (C=O) groups excluding carboxylic acids is 4. The molecule has 2 aromatic carbocycles. The maximum atomic E-state index is 13.1. The van der Waals surface area contributed by atoms with Gasteiger partial charge in [0.25, 0.3) is 0 Å². The monoisotopic (exact) mass is 443 g/mol. The van der Waals surface area contributed by atoms with Gasteiger partial charge in [-0.25, -0.2) is 4.79 Å². The number of nitrogens with zero attached hydrogens (tertiary/aromatic N) is 1. The van der Waals surface area contributed by atoms with Crippen LogP contribution in [0, 0.1) is 30.6 Å². The summed E-state index contributed by atoms with van der Waals surface area (Å²) in [5, 5.41) is 0. The quantitative estimate of drug-likeness (QED) is 0.301. The lowest BCUT2D eigenvalue weighted by atomic mass is 9.82. The third kappa shape index (κ3) is 3.41. The molecule has 2 fully saturated rings. The van der Waals surface area contributed by atoms with Crippen LogP contribution in [0.4, 0.5) is 5.69 Å². The van der Waals surface area contributed by atoms with Crippen LogP contribution in [-0.2, 0) is 14.3 Å². The van der Waals surface area contributed by atoms with E-state index >= 15 is 0 Å². The molecule has 33 heavy (non-hydrogen) atoms. The zero-order valence-electron chi connectivity index (χ0n) is 18.8. The Morgan fingerprint density at radius 3 is 2.18 bits per heavy atom. The van der Waals surface area contributed by atoms with Gasteiger partial charge in [0.15, 0.2) is 6.10 Å². The van der Waals surface area contributed by atoms with Gasteiger partial charge in [0.1, 0.15) is 0 Å². The fraction of sp³-hybridized carbons (Fsp3) is 0.333. The van der Waals surface area contributed by atoms with Crippen LogP contribution in [0.1, 0.15) is 46.5 Å². The lowest BCUT2D eigenvalue weighted by molar-refractivity contribution is -0.123. The number of esters is 1. The number of hydrogen-bond donors (Lipinski definition) is 0. The molecule has 1 heterocycles. The first-order valence-corrected chi connectivity index (χ1v) is 11.2. The number of imide groups is 1. The third-order valence-electron chi connectivity index (χ3n) is 7.23. The molecule has 1 saturated heterocycles. The second-order valence-corrected chi connectivity index (χ2v) is 9.30. The predicted molar refractivity (Wildman–Crippen MR) is 122 cm³/mol. The topological polar surface area (TPSA) is 80.8 Å². The minimum atomic E-state index is -0.938. The van der Waals surface area contributed by atoms with E-state index in [0.29, 0.717) is 11.3 Å². The molecule has 168 valence electrons. The zero-order valence-corrected chi connectivity index (χ0v) is 18.8. The van der Waals surface area contributed by atoms with Crippen molar-refractivity contribution < 1.29 is 23.9 Å². The van der Waals surface area contributed by atoms with Crippen molar-refractivity contribution >= 4 is 29.3 Å². The second-order valence-electron chi connectivity index (χ2n) is 9.30. The van der Waals surface area contributed by atoms with E-state index in [1.807, 2.05) is 26.0 Å². The molecule has 1 aliphatic heterocycles. The Labute approximate surface area is 192 Å². The third-order valence-corrected chi connectivity index (χ3v) is 7.23. The molecule has 0 spiro atoms. The molecular formula is C27H25NO5. The van der Waals surface area contributed by atoms with Crippen molar-refractivity contribution in [3.8, 4) is 0 Å². The first-order chi connectivity index (χ1) is 15.8. The zero-order chi connectivity index (χ0) is 23.4. The summed E-state index contributed by atoms with van der Waals surface area (Å²) in [6.45, 7) is 5.50. The van der Waals surface area contributed by atoms with Crippen LogP contribution in [0.2, 0.25) is 0 Å². The highest BCUT2D eigenvalue weighted by molar-refractivity contribution is 6.23. The van der Waals surface area contributed by atoms with Crippen LogP contribution in [0.25, 0.3) is 0 Å². The number of ether oxygens (including phenoxy) is 1. The molecule has 5 atom stereocenters. The Hall–Kier alpha value is -3.54. The summed E-state index contributed by atoms with van der Waals surface area (Å²) < 4.78 is 5.36. The summed E-state index contributed by atoms with van der Waals surface area (Å²) >= 11 is 0. The van der Waals surface area contributed by atoms with E-state index in [4.69, 9.17) is 4.74 Å². The van der Waals surface area contributed by atoms with Crippen LogP contribution in [0.5, 0.6) is 0 Å². The fourth-order valence-electron chi connectivity index (χ4n) is 5.51. The summed E-state index contributed by atoms with van der Waals surface area (Å²) in [6, 6.07) is 13.3. The van der Waals surface area contributed by atoms with Crippen molar-refractivity contribution in [3.63, 3.8) is 0 Å². The normalized spacial score (nSPS) is 26.3. The molecule has 0 aromatic heterocycles. The smallest absolute Gasteiger partial charge is 0.338 e. The van der Waals surface area contributed by atoms with Crippen LogP contribution >= 0.6 is 0 Å². The molecular weight excluding hydrogens is 418 g/mol. The summed E-state index contributed by atoms with van der Waals surface area (Å²) in [5.41, 5.74) is 3.42. The summed E-state index contributed by atoms with van der Waals surface area (Å²) in [6.07, 6.45) is 2.09. The van der Waals surface area contributed by atoms with Gasteiger partial charge in [-0.05, 0) is 63.3 Å². The van der Waals surface area contributed by atoms with Crippen molar-refractivity contribution in [1.82, 2.24) is 0 Å². The number of allylic oxidation sites excluding steroid dienone is 2. The number of benzene rings is 2. The molecule has 6 nitrogen and oxygen atoms in total. The van der Waals surface area contributed by atoms with Crippen molar-refractivity contribution in [2.75, 3.05) is 4.90 Å². The average Bonchev–Trinajstić information content (AvgIpc) is 3.44. The van der Waals surface area contributed by atoms with Gasteiger partial charge in [-0.2, -0.15) is 0 Å². The molecule has 6 heteroatoms. The molecule has 0 N–H and O–H groups in total. The molecule has 2 bridgehead atoms. The molecule has 2 aromatic rings. The summed E-state index contributed by atoms with van der Waals surface area (Å²) in [4.78, 5) is 52.5. The lowest BCUT2D eigenvalue weighted by Gasteiger charge is -2.19. The maximum Gasteiger partial charge on any atom is 0.338 e. The van der Waals surface area contributed by atoms with Gasteiger partial charge in [-0.15, -0.1) is 0 Å². The molecule has 2 aliphatic carbocycles. The number of hydrogen-bond acceptors (Lipinski definition) is 5. The fourth-order valence-corrected chi connectivity index (χ4v) is 5.51. The SMILES string of the molecule is CC1=C[C@H]2C[C@H]1[C@@H]1C(=O)N(c3ccc(C(=O)O[C@H](C)C(=O)c4ccc(C)cc4)cc3)C(=O)[C@@H]12. The highest BCUT2D eigenvalue weighted by atomic mass is 16.5. The van der Waals surface area contributed by atoms with Gasteiger partial charge in [-0.3, -0.25) is 19.3 Å².